The summed E-state index contributed by atoms with van der Waals surface area (Å²) in [6.07, 6.45) is 8.24. The summed E-state index contributed by atoms with van der Waals surface area (Å²) in [4.78, 5) is 18.2. The third-order valence-corrected chi connectivity index (χ3v) is 6.29. The summed E-state index contributed by atoms with van der Waals surface area (Å²) in [5.74, 6) is 1.26. The Labute approximate surface area is 163 Å². The van der Waals surface area contributed by atoms with Crippen molar-refractivity contribution in [3.8, 4) is 0 Å². The van der Waals surface area contributed by atoms with E-state index in [4.69, 9.17) is 4.74 Å². The minimum Gasteiger partial charge on any atom is -0.384 e. The van der Waals surface area contributed by atoms with E-state index >= 15 is 0 Å². The molecule has 2 aromatic heterocycles. The molecule has 1 spiro atoms. The average molecular weight is 387 g/mol. The molecule has 0 bridgehead atoms. The smallest absolute Gasteiger partial charge is 0.256 e. The van der Waals surface area contributed by atoms with Gasteiger partial charge in [0.25, 0.3) is 5.91 Å². The zero-order valence-corrected chi connectivity index (χ0v) is 16.2. The van der Waals surface area contributed by atoms with Crippen LogP contribution < -0.4 is 0 Å². The summed E-state index contributed by atoms with van der Waals surface area (Å²) in [6, 6.07) is 1.46. The number of rotatable bonds is 4. The van der Waals surface area contributed by atoms with Gasteiger partial charge in [0.05, 0.1) is 18.4 Å². The van der Waals surface area contributed by atoms with Gasteiger partial charge in [-0.2, -0.15) is 0 Å². The van der Waals surface area contributed by atoms with E-state index in [-0.39, 0.29) is 16.9 Å². The maximum atomic E-state index is 13.9. The molecule has 4 heterocycles. The van der Waals surface area contributed by atoms with Gasteiger partial charge in [-0.25, -0.2) is 4.39 Å². The molecule has 2 aliphatic heterocycles. The molecule has 0 aromatic carbocycles. The first-order valence-electron chi connectivity index (χ1n) is 9.91. The van der Waals surface area contributed by atoms with Crippen LogP contribution in [-0.2, 0) is 24.1 Å². The Balaban J connectivity index is 1.40. The predicted molar refractivity (Wildman–Crippen MR) is 100 cm³/mol. The number of ether oxygens (including phenoxy) is 1. The first-order chi connectivity index (χ1) is 13.6. The Bertz CT molecular complexity index is 845. The van der Waals surface area contributed by atoms with E-state index in [1.165, 1.54) is 12.3 Å². The maximum absolute atomic E-state index is 13.9. The molecule has 0 unspecified atom stereocenters. The molecule has 0 aliphatic carbocycles. The highest BCUT2D eigenvalue weighted by Gasteiger charge is 2.38. The van der Waals surface area contributed by atoms with Crippen molar-refractivity contribution in [2.45, 2.75) is 45.1 Å². The molecule has 150 valence electrons. The Morgan fingerprint density at radius 1 is 1.21 bits per heavy atom. The van der Waals surface area contributed by atoms with Crippen LogP contribution in [0.15, 0.2) is 18.5 Å². The number of likely N-dealkylation sites (tertiary alicyclic amines) is 1. The number of hydrogen-bond donors (Lipinski definition) is 0. The number of piperidine rings is 1. The lowest BCUT2D eigenvalue weighted by molar-refractivity contribution is 0.0531. The van der Waals surface area contributed by atoms with Crippen molar-refractivity contribution < 1.29 is 13.9 Å². The molecule has 0 saturated carbocycles. The number of aryl methyl sites for hydroxylation is 1. The van der Waals surface area contributed by atoms with Gasteiger partial charge in [0.1, 0.15) is 11.6 Å². The molecule has 2 aromatic rings. The van der Waals surface area contributed by atoms with Gasteiger partial charge in [-0.3, -0.25) is 9.78 Å². The summed E-state index contributed by atoms with van der Waals surface area (Å²) in [6.45, 7) is 2.88. The average Bonchev–Trinajstić information content (AvgIpc) is 3.03. The zero-order valence-electron chi connectivity index (χ0n) is 16.2. The van der Waals surface area contributed by atoms with Crippen molar-refractivity contribution in [3.05, 3.63) is 41.5 Å². The zero-order chi connectivity index (χ0) is 19.6. The molecule has 2 aliphatic rings. The molecule has 28 heavy (non-hydrogen) atoms. The Hall–Kier alpha value is -2.35. The molecular weight excluding hydrogens is 361 g/mol. The molecule has 0 N–H and O–H groups in total. The summed E-state index contributed by atoms with van der Waals surface area (Å²) in [7, 11) is 1.70. The summed E-state index contributed by atoms with van der Waals surface area (Å²) in [5, 5.41) is 8.71. The van der Waals surface area contributed by atoms with Gasteiger partial charge in [0.2, 0.25) is 0 Å². The Morgan fingerprint density at radius 3 is 2.75 bits per heavy atom. The number of aromatic nitrogens is 4. The van der Waals surface area contributed by atoms with Crippen LogP contribution in [0, 0.1) is 11.2 Å². The van der Waals surface area contributed by atoms with Crippen molar-refractivity contribution in [1.29, 1.82) is 0 Å². The molecule has 4 rings (SSSR count). The van der Waals surface area contributed by atoms with Crippen LogP contribution in [0.4, 0.5) is 4.39 Å². The van der Waals surface area contributed by atoms with Crippen LogP contribution in [0.25, 0.3) is 0 Å². The molecule has 8 heteroatoms. The van der Waals surface area contributed by atoms with E-state index in [2.05, 4.69) is 19.7 Å². The number of pyridine rings is 1. The second-order valence-corrected chi connectivity index (χ2v) is 7.82. The first kappa shape index (κ1) is 19.0. The van der Waals surface area contributed by atoms with Gasteiger partial charge in [-0.1, -0.05) is 0 Å². The lowest BCUT2D eigenvalue weighted by atomic mass is 9.72. The van der Waals surface area contributed by atoms with Crippen molar-refractivity contribution in [1.82, 2.24) is 24.6 Å². The highest BCUT2D eigenvalue weighted by atomic mass is 19.1. The molecular formula is C20H26FN5O2. The minimum absolute atomic E-state index is 0.112. The van der Waals surface area contributed by atoms with Crippen LogP contribution >= 0.6 is 0 Å². The van der Waals surface area contributed by atoms with Crippen LogP contribution in [-0.4, -0.2) is 57.4 Å². The quantitative estimate of drug-likeness (QED) is 0.805. The second kappa shape index (κ2) is 7.95. The fourth-order valence-electron chi connectivity index (χ4n) is 4.45. The molecule has 0 atom stereocenters. The maximum Gasteiger partial charge on any atom is 0.256 e. The number of nitrogens with zero attached hydrogens (tertiary/aromatic N) is 5. The van der Waals surface area contributed by atoms with Gasteiger partial charge < -0.3 is 14.2 Å². The number of halogens is 1. The normalized spacial score (nSPS) is 18.7. The lowest BCUT2D eigenvalue weighted by Gasteiger charge is -2.41. The number of carbonyl (C=O) groups is 1. The van der Waals surface area contributed by atoms with Crippen molar-refractivity contribution in [3.63, 3.8) is 0 Å². The highest BCUT2D eigenvalue weighted by Crippen LogP contribution is 2.42. The van der Waals surface area contributed by atoms with E-state index in [1.807, 2.05) is 0 Å². The summed E-state index contributed by atoms with van der Waals surface area (Å²) >= 11 is 0. The monoisotopic (exact) mass is 387 g/mol. The van der Waals surface area contributed by atoms with Crippen LogP contribution in [0.3, 0.4) is 0 Å². The van der Waals surface area contributed by atoms with Crippen molar-refractivity contribution in [2.24, 2.45) is 5.41 Å². The number of amides is 1. The van der Waals surface area contributed by atoms with Crippen molar-refractivity contribution in [2.75, 3.05) is 26.8 Å². The fraction of sp³-hybridized carbons (Fsp3) is 0.600. The Morgan fingerprint density at radius 2 is 2.00 bits per heavy atom. The first-order valence-corrected chi connectivity index (χ1v) is 9.91. The van der Waals surface area contributed by atoms with E-state index in [1.54, 1.807) is 12.0 Å². The van der Waals surface area contributed by atoms with E-state index < -0.39 is 5.82 Å². The topological polar surface area (TPSA) is 73.1 Å². The fourth-order valence-corrected chi connectivity index (χ4v) is 4.45. The molecule has 1 amide bonds. The number of hydrogen-bond acceptors (Lipinski definition) is 5. The molecule has 1 fully saturated rings. The van der Waals surface area contributed by atoms with E-state index in [0.29, 0.717) is 19.7 Å². The summed E-state index contributed by atoms with van der Waals surface area (Å²) in [5.41, 5.74) is 0.327. The number of methoxy groups -OCH3 is 1. The molecule has 0 radical (unpaired) electrons. The van der Waals surface area contributed by atoms with E-state index in [0.717, 1.165) is 62.9 Å². The standard InChI is InChI=1S/C20H26FN5O2/c1-28-13-4-18-24-23-17-2-5-20(8-12-26(17)18)6-10-25(11-7-20)19(27)15-3-9-22-14-16(15)21/h3,9,14H,2,4-8,10-13H2,1H3. The van der Waals surface area contributed by atoms with Gasteiger partial charge in [-0.05, 0) is 37.2 Å². The van der Waals surface area contributed by atoms with Crippen molar-refractivity contribution >= 4 is 5.91 Å². The van der Waals surface area contributed by atoms with Crippen LogP contribution in [0.2, 0.25) is 0 Å². The Kier molecular flexibility index (Phi) is 5.39. The van der Waals surface area contributed by atoms with Gasteiger partial charge in [0, 0.05) is 45.8 Å². The molecule has 7 nitrogen and oxygen atoms in total. The second-order valence-electron chi connectivity index (χ2n) is 7.82. The molecule has 1 saturated heterocycles. The van der Waals surface area contributed by atoms with Crippen LogP contribution in [0.5, 0.6) is 0 Å². The highest BCUT2D eigenvalue weighted by molar-refractivity contribution is 5.94. The SMILES string of the molecule is COCCc1nnc2n1CCC1(CC2)CCN(C(=O)c2ccncc2F)CC1. The van der Waals surface area contributed by atoms with Gasteiger partial charge in [-0.15, -0.1) is 10.2 Å². The van der Waals surface area contributed by atoms with Crippen LogP contribution in [0.1, 0.15) is 47.7 Å². The third-order valence-electron chi connectivity index (χ3n) is 6.29. The largest absolute Gasteiger partial charge is 0.384 e. The number of carbonyl (C=O) groups excluding carboxylic acids is 1. The number of fused-ring (bicyclic) bond motifs is 1. The van der Waals surface area contributed by atoms with Gasteiger partial charge in [0.15, 0.2) is 5.82 Å². The minimum atomic E-state index is -0.552. The third kappa shape index (κ3) is 3.65. The van der Waals surface area contributed by atoms with Gasteiger partial charge >= 0.3 is 0 Å². The predicted octanol–water partition coefficient (Wildman–Crippen LogP) is 2.26. The van der Waals surface area contributed by atoms with E-state index in [9.17, 15) is 9.18 Å². The lowest BCUT2D eigenvalue weighted by Crippen LogP contribution is -2.43. The summed E-state index contributed by atoms with van der Waals surface area (Å²) < 4.78 is 21.3.